The van der Waals surface area contributed by atoms with Crippen molar-refractivity contribution in [2.24, 2.45) is 0 Å². The van der Waals surface area contributed by atoms with Crippen molar-refractivity contribution >= 4 is 11.4 Å². The van der Waals surface area contributed by atoms with Gasteiger partial charge in [0, 0.05) is 23.9 Å². The molecule has 0 fully saturated rings. The zero-order chi connectivity index (χ0) is 15.4. The number of nitro groups is 1. The third kappa shape index (κ3) is 3.95. The summed E-state index contributed by atoms with van der Waals surface area (Å²) >= 11 is 0. The molecule has 5 heteroatoms. The van der Waals surface area contributed by atoms with Crippen molar-refractivity contribution in [1.82, 2.24) is 0 Å². The molecule has 0 amide bonds. The summed E-state index contributed by atoms with van der Waals surface area (Å²) in [7, 11) is 0. The van der Waals surface area contributed by atoms with Gasteiger partial charge in [0.25, 0.3) is 5.69 Å². The highest BCUT2D eigenvalue weighted by molar-refractivity contribution is 5.56. The molecule has 0 saturated carbocycles. The lowest BCUT2D eigenvalue weighted by Gasteiger charge is -2.17. The molecule has 2 rings (SSSR count). The summed E-state index contributed by atoms with van der Waals surface area (Å²) in [6, 6.07) is 12.1. The number of benzene rings is 2. The van der Waals surface area contributed by atoms with Gasteiger partial charge in [-0.2, -0.15) is 0 Å². The van der Waals surface area contributed by atoms with E-state index in [-0.39, 0.29) is 17.5 Å². The Kier molecular flexibility index (Phi) is 4.42. The number of hydrogen-bond acceptors (Lipinski definition) is 4. The molecule has 0 saturated heterocycles. The van der Waals surface area contributed by atoms with Crippen molar-refractivity contribution in [3.63, 3.8) is 0 Å². The van der Waals surface area contributed by atoms with Crippen LogP contribution < -0.4 is 5.32 Å². The van der Waals surface area contributed by atoms with Gasteiger partial charge >= 0.3 is 0 Å². The Balaban J connectivity index is 2.04. The Labute approximate surface area is 123 Å². The van der Waals surface area contributed by atoms with Crippen LogP contribution >= 0.6 is 0 Å². The van der Waals surface area contributed by atoms with Crippen LogP contribution in [-0.2, 0) is 6.42 Å². The third-order valence-electron chi connectivity index (χ3n) is 3.30. The summed E-state index contributed by atoms with van der Waals surface area (Å²) in [6.45, 7) is 3.90. The highest BCUT2D eigenvalue weighted by Gasteiger charge is 2.10. The molecule has 110 valence electrons. The van der Waals surface area contributed by atoms with E-state index in [0.29, 0.717) is 0 Å². The minimum absolute atomic E-state index is 0.101. The zero-order valence-corrected chi connectivity index (χ0v) is 12.0. The summed E-state index contributed by atoms with van der Waals surface area (Å²) in [5, 5.41) is 23.3. The smallest absolute Gasteiger partial charge is 0.269 e. The number of aryl methyl sites for hydroxylation is 1. The van der Waals surface area contributed by atoms with Crippen LogP contribution in [0.3, 0.4) is 0 Å². The summed E-state index contributed by atoms with van der Waals surface area (Å²) in [5.41, 5.74) is 2.96. The number of nitrogens with one attached hydrogen (secondary N) is 1. The van der Waals surface area contributed by atoms with Crippen LogP contribution in [0.2, 0.25) is 0 Å². The molecule has 2 N–H and O–H groups in total. The fourth-order valence-corrected chi connectivity index (χ4v) is 2.23. The Hall–Kier alpha value is -2.56. The Morgan fingerprint density at radius 3 is 2.48 bits per heavy atom. The molecule has 5 nitrogen and oxygen atoms in total. The van der Waals surface area contributed by atoms with Gasteiger partial charge in [-0.05, 0) is 49.6 Å². The summed E-state index contributed by atoms with van der Waals surface area (Å²) < 4.78 is 0. The first-order chi connectivity index (χ1) is 9.95. The second kappa shape index (κ2) is 6.26. The minimum atomic E-state index is -0.392. The van der Waals surface area contributed by atoms with E-state index in [4.69, 9.17) is 0 Å². The van der Waals surface area contributed by atoms with E-state index in [1.807, 2.05) is 26.0 Å². The number of anilines is 1. The summed E-state index contributed by atoms with van der Waals surface area (Å²) in [4.78, 5) is 10.3. The first-order valence-corrected chi connectivity index (χ1v) is 6.75. The quantitative estimate of drug-likeness (QED) is 0.649. The maximum atomic E-state index is 10.7. The normalized spacial score (nSPS) is 11.9. The molecule has 0 aliphatic rings. The van der Waals surface area contributed by atoms with E-state index in [0.717, 1.165) is 23.2 Å². The molecule has 1 atom stereocenters. The van der Waals surface area contributed by atoms with Crippen LogP contribution in [0.15, 0.2) is 42.5 Å². The number of hydrogen-bond donors (Lipinski definition) is 2. The van der Waals surface area contributed by atoms with Crippen molar-refractivity contribution in [2.45, 2.75) is 26.3 Å². The van der Waals surface area contributed by atoms with Crippen LogP contribution in [0.5, 0.6) is 5.75 Å². The number of rotatable bonds is 5. The largest absolute Gasteiger partial charge is 0.508 e. The van der Waals surface area contributed by atoms with E-state index in [1.54, 1.807) is 24.3 Å². The van der Waals surface area contributed by atoms with Crippen molar-refractivity contribution in [3.8, 4) is 5.75 Å². The molecule has 21 heavy (non-hydrogen) atoms. The summed E-state index contributed by atoms with van der Waals surface area (Å²) in [6.07, 6.45) is 0.802. The number of phenols is 1. The van der Waals surface area contributed by atoms with E-state index in [9.17, 15) is 15.2 Å². The molecule has 1 unspecified atom stereocenters. The standard InChI is InChI=1S/C16H18N2O3/c1-11-9-14(18(20)21)5-8-16(11)17-12(2)10-13-3-6-15(19)7-4-13/h3-9,12,17,19H,10H2,1-2H3. The Morgan fingerprint density at radius 1 is 1.24 bits per heavy atom. The van der Waals surface area contributed by atoms with Gasteiger partial charge in [-0.1, -0.05) is 12.1 Å². The predicted molar refractivity (Wildman–Crippen MR) is 82.7 cm³/mol. The van der Waals surface area contributed by atoms with E-state index in [2.05, 4.69) is 5.32 Å². The fraction of sp³-hybridized carbons (Fsp3) is 0.250. The number of nitrogens with zero attached hydrogens (tertiary/aromatic N) is 1. The zero-order valence-electron chi connectivity index (χ0n) is 12.0. The number of phenolic OH excluding ortho intramolecular Hbond substituents is 1. The molecule has 0 radical (unpaired) electrons. The minimum Gasteiger partial charge on any atom is -0.508 e. The number of non-ortho nitro benzene ring substituents is 1. The van der Waals surface area contributed by atoms with Crippen LogP contribution in [0, 0.1) is 17.0 Å². The molecule has 2 aromatic carbocycles. The average molecular weight is 286 g/mol. The maximum absolute atomic E-state index is 10.7. The summed E-state index contributed by atoms with van der Waals surface area (Å²) in [5.74, 6) is 0.255. The molecule has 2 aromatic rings. The van der Waals surface area contributed by atoms with Crippen LogP contribution in [0.4, 0.5) is 11.4 Å². The molecule has 0 heterocycles. The van der Waals surface area contributed by atoms with Gasteiger partial charge in [0.1, 0.15) is 5.75 Å². The Bertz CT molecular complexity index is 638. The fourth-order valence-electron chi connectivity index (χ4n) is 2.23. The number of aromatic hydroxyl groups is 1. The van der Waals surface area contributed by atoms with Crippen molar-refractivity contribution < 1.29 is 10.0 Å². The van der Waals surface area contributed by atoms with Crippen molar-refractivity contribution in [1.29, 1.82) is 0 Å². The van der Waals surface area contributed by atoms with E-state index >= 15 is 0 Å². The molecule has 0 aliphatic carbocycles. The molecular weight excluding hydrogens is 268 g/mol. The van der Waals surface area contributed by atoms with E-state index in [1.165, 1.54) is 6.07 Å². The average Bonchev–Trinajstić information content (AvgIpc) is 2.43. The SMILES string of the molecule is Cc1cc([N+](=O)[O-])ccc1NC(C)Cc1ccc(O)cc1. The van der Waals surface area contributed by atoms with E-state index < -0.39 is 4.92 Å². The number of nitro benzene ring substituents is 1. The van der Waals surface area contributed by atoms with Gasteiger partial charge in [0.2, 0.25) is 0 Å². The van der Waals surface area contributed by atoms with Gasteiger partial charge < -0.3 is 10.4 Å². The predicted octanol–water partition coefficient (Wildman–Crippen LogP) is 3.65. The third-order valence-corrected chi connectivity index (χ3v) is 3.30. The van der Waals surface area contributed by atoms with Crippen LogP contribution in [-0.4, -0.2) is 16.1 Å². The molecule has 0 bridgehead atoms. The highest BCUT2D eigenvalue weighted by Crippen LogP contribution is 2.22. The van der Waals surface area contributed by atoms with Gasteiger partial charge in [0.05, 0.1) is 4.92 Å². The Morgan fingerprint density at radius 2 is 1.90 bits per heavy atom. The van der Waals surface area contributed by atoms with Crippen LogP contribution in [0.25, 0.3) is 0 Å². The lowest BCUT2D eigenvalue weighted by atomic mass is 10.1. The lowest BCUT2D eigenvalue weighted by Crippen LogP contribution is -2.18. The van der Waals surface area contributed by atoms with Gasteiger partial charge in [-0.25, -0.2) is 0 Å². The monoisotopic (exact) mass is 286 g/mol. The second-order valence-corrected chi connectivity index (χ2v) is 5.17. The molecule has 0 aromatic heterocycles. The molecular formula is C16H18N2O3. The lowest BCUT2D eigenvalue weighted by molar-refractivity contribution is -0.384. The van der Waals surface area contributed by atoms with Gasteiger partial charge in [-0.15, -0.1) is 0 Å². The molecule has 0 spiro atoms. The maximum Gasteiger partial charge on any atom is 0.269 e. The van der Waals surface area contributed by atoms with Crippen molar-refractivity contribution in [3.05, 3.63) is 63.7 Å². The van der Waals surface area contributed by atoms with Crippen molar-refractivity contribution in [2.75, 3.05) is 5.32 Å². The first-order valence-electron chi connectivity index (χ1n) is 6.75. The second-order valence-electron chi connectivity index (χ2n) is 5.17. The van der Waals surface area contributed by atoms with Gasteiger partial charge in [-0.3, -0.25) is 10.1 Å². The highest BCUT2D eigenvalue weighted by atomic mass is 16.6. The van der Waals surface area contributed by atoms with Crippen LogP contribution in [0.1, 0.15) is 18.1 Å². The molecule has 0 aliphatic heterocycles. The van der Waals surface area contributed by atoms with Gasteiger partial charge in [0.15, 0.2) is 0 Å². The first kappa shape index (κ1) is 14.8. The topological polar surface area (TPSA) is 75.4 Å².